The number of nitrogens with zero attached hydrogens (tertiary/aromatic N) is 1. The average molecular weight is 273 g/mol. The first kappa shape index (κ1) is 15.2. The Labute approximate surface area is 114 Å². The van der Waals surface area contributed by atoms with Crippen molar-refractivity contribution in [3.05, 3.63) is 22.8 Å². The maximum absolute atomic E-state index is 6.04. The average Bonchev–Trinajstić information content (AvgIpc) is 2.29. The first-order valence-electron chi connectivity index (χ1n) is 5.97. The molecule has 0 aromatic carbocycles. The van der Waals surface area contributed by atoms with Crippen LogP contribution in [0.3, 0.4) is 0 Å². The highest BCUT2D eigenvalue weighted by molar-refractivity contribution is 6.31. The molecular weight excluding hydrogens is 252 g/mol. The van der Waals surface area contributed by atoms with Gasteiger partial charge in [0, 0.05) is 7.05 Å². The number of hydrogen-bond acceptors (Lipinski definition) is 4. The molecule has 0 amide bonds. The summed E-state index contributed by atoms with van der Waals surface area (Å²) in [6, 6.07) is 3.64. The predicted octanol–water partition coefficient (Wildman–Crippen LogP) is 3.11. The Kier molecular flexibility index (Phi) is 5.85. The molecular formula is C13H21ClN2O2. The highest BCUT2D eigenvalue weighted by Crippen LogP contribution is 2.17. The molecule has 0 saturated carbocycles. The number of ether oxygens (including phenoxy) is 2. The van der Waals surface area contributed by atoms with Crippen molar-refractivity contribution in [2.24, 2.45) is 0 Å². The van der Waals surface area contributed by atoms with Crippen molar-refractivity contribution < 1.29 is 9.47 Å². The third-order valence-electron chi connectivity index (χ3n) is 2.18. The van der Waals surface area contributed by atoms with Gasteiger partial charge in [-0.2, -0.15) is 0 Å². The van der Waals surface area contributed by atoms with Crippen LogP contribution in [0.2, 0.25) is 5.02 Å². The molecule has 1 aromatic heterocycles. The molecule has 4 nitrogen and oxygen atoms in total. The largest absolute Gasteiger partial charge is 0.373 e. The Hall–Kier alpha value is -0.840. The first-order chi connectivity index (χ1) is 8.42. The van der Waals surface area contributed by atoms with E-state index in [-0.39, 0.29) is 5.60 Å². The molecule has 18 heavy (non-hydrogen) atoms. The van der Waals surface area contributed by atoms with E-state index in [2.05, 4.69) is 10.3 Å². The van der Waals surface area contributed by atoms with Crippen LogP contribution in [0.4, 0.5) is 5.82 Å². The van der Waals surface area contributed by atoms with Crippen LogP contribution in [-0.2, 0) is 16.1 Å². The van der Waals surface area contributed by atoms with Gasteiger partial charge in [0.1, 0.15) is 5.82 Å². The van der Waals surface area contributed by atoms with Crippen molar-refractivity contribution in [2.75, 3.05) is 25.6 Å². The lowest BCUT2D eigenvalue weighted by atomic mass is 10.2. The van der Waals surface area contributed by atoms with Gasteiger partial charge in [-0.3, -0.25) is 0 Å². The zero-order valence-corrected chi connectivity index (χ0v) is 12.2. The predicted molar refractivity (Wildman–Crippen MR) is 74.2 cm³/mol. The zero-order valence-electron chi connectivity index (χ0n) is 11.4. The second kappa shape index (κ2) is 6.92. The van der Waals surface area contributed by atoms with Gasteiger partial charge in [0.15, 0.2) is 0 Å². The molecule has 102 valence electrons. The molecule has 1 aromatic rings. The highest BCUT2D eigenvalue weighted by Gasteiger charge is 2.09. The van der Waals surface area contributed by atoms with Gasteiger partial charge in [0.25, 0.3) is 0 Å². The van der Waals surface area contributed by atoms with E-state index in [4.69, 9.17) is 21.1 Å². The summed E-state index contributed by atoms with van der Waals surface area (Å²) in [5.41, 5.74) is 0.602. The smallest absolute Gasteiger partial charge is 0.126 e. The van der Waals surface area contributed by atoms with E-state index >= 15 is 0 Å². The fraction of sp³-hybridized carbons (Fsp3) is 0.615. The Morgan fingerprint density at radius 2 is 2.00 bits per heavy atom. The van der Waals surface area contributed by atoms with E-state index in [1.54, 1.807) is 0 Å². The van der Waals surface area contributed by atoms with Crippen LogP contribution in [0, 0.1) is 0 Å². The molecule has 1 heterocycles. The quantitative estimate of drug-likeness (QED) is 0.808. The fourth-order valence-corrected chi connectivity index (χ4v) is 1.46. The minimum atomic E-state index is -0.134. The van der Waals surface area contributed by atoms with E-state index in [9.17, 15) is 0 Å². The normalized spacial score (nSPS) is 11.6. The van der Waals surface area contributed by atoms with Gasteiger partial charge in [-0.1, -0.05) is 11.6 Å². The van der Waals surface area contributed by atoms with Gasteiger partial charge in [0.2, 0.25) is 0 Å². The Balaban J connectivity index is 2.35. The Morgan fingerprint density at radius 3 is 2.61 bits per heavy atom. The summed E-state index contributed by atoms with van der Waals surface area (Å²) in [5, 5.41) is 3.58. The molecule has 0 unspecified atom stereocenters. The summed E-state index contributed by atoms with van der Waals surface area (Å²) < 4.78 is 11.0. The standard InChI is InChI=1S/C13H21ClN2O2/c1-13(2,3)18-8-7-17-9-11-10(14)5-6-12(15-4)16-11/h5-6H,7-9H2,1-4H3,(H,15,16). The van der Waals surface area contributed by atoms with Crippen molar-refractivity contribution in [2.45, 2.75) is 33.0 Å². The monoisotopic (exact) mass is 272 g/mol. The van der Waals surface area contributed by atoms with E-state index in [0.29, 0.717) is 24.8 Å². The molecule has 1 N–H and O–H groups in total. The molecule has 0 fully saturated rings. The van der Waals surface area contributed by atoms with Crippen LogP contribution in [0.5, 0.6) is 0 Å². The second-order valence-corrected chi connectivity index (χ2v) is 5.30. The van der Waals surface area contributed by atoms with Gasteiger partial charge >= 0.3 is 0 Å². The highest BCUT2D eigenvalue weighted by atomic mass is 35.5. The lowest BCUT2D eigenvalue weighted by Crippen LogP contribution is -2.21. The van der Waals surface area contributed by atoms with E-state index in [1.807, 2.05) is 40.0 Å². The minimum absolute atomic E-state index is 0.134. The third-order valence-corrected chi connectivity index (χ3v) is 2.52. The number of anilines is 1. The fourth-order valence-electron chi connectivity index (χ4n) is 1.30. The lowest BCUT2D eigenvalue weighted by molar-refractivity contribution is -0.0380. The number of hydrogen-bond donors (Lipinski definition) is 1. The molecule has 0 radical (unpaired) electrons. The molecule has 0 saturated heterocycles. The number of pyridine rings is 1. The van der Waals surface area contributed by atoms with E-state index in [0.717, 1.165) is 11.5 Å². The molecule has 0 aliphatic carbocycles. The van der Waals surface area contributed by atoms with E-state index < -0.39 is 0 Å². The summed E-state index contributed by atoms with van der Waals surface area (Å²) in [6.07, 6.45) is 0. The van der Waals surface area contributed by atoms with Crippen molar-refractivity contribution in [3.8, 4) is 0 Å². The minimum Gasteiger partial charge on any atom is -0.373 e. The molecule has 0 spiro atoms. The second-order valence-electron chi connectivity index (χ2n) is 4.89. The van der Waals surface area contributed by atoms with Crippen LogP contribution in [-0.4, -0.2) is 30.8 Å². The Bertz CT molecular complexity index is 378. The van der Waals surface area contributed by atoms with Gasteiger partial charge in [-0.05, 0) is 32.9 Å². The first-order valence-corrected chi connectivity index (χ1v) is 6.35. The lowest BCUT2D eigenvalue weighted by Gasteiger charge is -2.19. The summed E-state index contributed by atoms with van der Waals surface area (Å²) in [7, 11) is 1.82. The number of rotatable bonds is 6. The van der Waals surface area contributed by atoms with E-state index in [1.165, 1.54) is 0 Å². The molecule has 5 heteroatoms. The Morgan fingerprint density at radius 1 is 1.28 bits per heavy atom. The van der Waals surface area contributed by atoms with Crippen molar-refractivity contribution in [1.29, 1.82) is 0 Å². The van der Waals surface area contributed by atoms with Gasteiger partial charge in [-0.15, -0.1) is 0 Å². The van der Waals surface area contributed by atoms with Crippen LogP contribution < -0.4 is 5.32 Å². The maximum atomic E-state index is 6.04. The van der Waals surface area contributed by atoms with Crippen molar-refractivity contribution >= 4 is 17.4 Å². The van der Waals surface area contributed by atoms with Crippen LogP contribution in [0.1, 0.15) is 26.5 Å². The van der Waals surface area contributed by atoms with Crippen LogP contribution in [0.15, 0.2) is 12.1 Å². The molecule has 0 aliphatic rings. The number of halogens is 1. The summed E-state index contributed by atoms with van der Waals surface area (Å²) >= 11 is 6.04. The number of nitrogens with one attached hydrogen (secondary N) is 1. The summed E-state index contributed by atoms with van der Waals surface area (Å²) in [5.74, 6) is 0.781. The SMILES string of the molecule is CNc1ccc(Cl)c(COCCOC(C)(C)C)n1. The zero-order chi connectivity index (χ0) is 13.6. The number of aromatic nitrogens is 1. The molecule has 1 rings (SSSR count). The van der Waals surface area contributed by atoms with Crippen LogP contribution >= 0.6 is 11.6 Å². The van der Waals surface area contributed by atoms with Gasteiger partial charge in [-0.25, -0.2) is 4.98 Å². The maximum Gasteiger partial charge on any atom is 0.126 e. The van der Waals surface area contributed by atoms with Gasteiger partial charge in [0.05, 0.1) is 36.1 Å². The summed E-state index contributed by atoms with van der Waals surface area (Å²) in [4.78, 5) is 4.33. The van der Waals surface area contributed by atoms with Gasteiger partial charge < -0.3 is 14.8 Å². The van der Waals surface area contributed by atoms with Crippen molar-refractivity contribution in [3.63, 3.8) is 0 Å². The molecule has 0 bridgehead atoms. The topological polar surface area (TPSA) is 43.4 Å². The van der Waals surface area contributed by atoms with Crippen molar-refractivity contribution in [1.82, 2.24) is 4.98 Å². The third kappa shape index (κ3) is 5.67. The molecule has 0 atom stereocenters. The van der Waals surface area contributed by atoms with Crippen LogP contribution in [0.25, 0.3) is 0 Å². The molecule has 0 aliphatic heterocycles. The summed E-state index contributed by atoms with van der Waals surface area (Å²) in [6.45, 7) is 7.53.